The van der Waals surface area contributed by atoms with Crippen LogP contribution >= 0.6 is 34.2 Å². The molecule has 0 aromatic carbocycles. The lowest BCUT2D eigenvalue weighted by Gasteiger charge is -2.23. The van der Waals surface area contributed by atoms with E-state index >= 15 is 0 Å². The first kappa shape index (κ1) is 7.86. The Balaban J connectivity index is 2.28. The van der Waals surface area contributed by atoms with E-state index in [2.05, 4.69) is 32.6 Å². The number of imidazole rings is 1. The molecule has 1 heterocycles. The van der Waals surface area contributed by atoms with Gasteiger partial charge in [0.15, 0.2) is 3.83 Å². The maximum absolute atomic E-state index is 5.93. The summed E-state index contributed by atoms with van der Waals surface area (Å²) in [6.45, 7) is 0. The first-order chi connectivity index (χ1) is 5.27. The lowest BCUT2D eigenvalue weighted by Crippen LogP contribution is -2.09. The van der Waals surface area contributed by atoms with E-state index in [-0.39, 0.29) is 0 Å². The fourth-order valence-corrected chi connectivity index (χ4v) is 2.26. The molecule has 0 spiro atoms. The normalized spacial score (nSPS) is 18.4. The number of nitrogens with one attached hydrogen (secondary N) is 1. The number of aromatic nitrogens is 2. The molecular formula is C7H8ClIN2. The van der Waals surface area contributed by atoms with Crippen molar-refractivity contribution in [3.63, 3.8) is 0 Å². The van der Waals surface area contributed by atoms with Gasteiger partial charge in [0.2, 0.25) is 0 Å². The number of nitrogens with zero attached hydrogens (tertiary/aromatic N) is 1. The van der Waals surface area contributed by atoms with Gasteiger partial charge < -0.3 is 4.98 Å². The van der Waals surface area contributed by atoms with Gasteiger partial charge in [-0.25, -0.2) is 4.98 Å². The average Bonchev–Trinajstić information content (AvgIpc) is 2.07. The van der Waals surface area contributed by atoms with Crippen molar-refractivity contribution in [3.05, 3.63) is 14.7 Å². The Morgan fingerprint density at radius 2 is 2.27 bits per heavy atom. The van der Waals surface area contributed by atoms with Crippen LogP contribution in [0.4, 0.5) is 0 Å². The van der Waals surface area contributed by atoms with Gasteiger partial charge in [-0.3, -0.25) is 0 Å². The van der Waals surface area contributed by atoms with E-state index in [4.69, 9.17) is 11.6 Å². The van der Waals surface area contributed by atoms with Crippen LogP contribution in [-0.4, -0.2) is 9.97 Å². The van der Waals surface area contributed by atoms with Crippen molar-refractivity contribution in [1.82, 2.24) is 9.97 Å². The van der Waals surface area contributed by atoms with Gasteiger partial charge in [0.05, 0.1) is 5.69 Å². The van der Waals surface area contributed by atoms with Crippen LogP contribution < -0.4 is 0 Å². The molecule has 0 saturated heterocycles. The van der Waals surface area contributed by atoms with Crippen molar-refractivity contribution in [2.24, 2.45) is 0 Å². The van der Waals surface area contributed by atoms with Crippen LogP contribution in [0.2, 0.25) is 5.15 Å². The SMILES string of the molecule is Clc1[nH]c(I)nc1C1CCC1. The van der Waals surface area contributed by atoms with Gasteiger partial charge in [0, 0.05) is 5.92 Å². The van der Waals surface area contributed by atoms with Gasteiger partial charge in [-0.1, -0.05) is 18.0 Å². The molecule has 1 aliphatic carbocycles. The van der Waals surface area contributed by atoms with Gasteiger partial charge >= 0.3 is 0 Å². The van der Waals surface area contributed by atoms with E-state index in [1.165, 1.54) is 19.3 Å². The largest absolute Gasteiger partial charge is 0.324 e. The fraction of sp³-hybridized carbons (Fsp3) is 0.571. The van der Waals surface area contributed by atoms with Gasteiger partial charge in [-0.05, 0) is 35.4 Å². The van der Waals surface area contributed by atoms with Crippen LogP contribution in [0.3, 0.4) is 0 Å². The second kappa shape index (κ2) is 2.94. The van der Waals surface area contributed by atoms with Crippen molar-refractivity contribution in [2.45, 2.75) is 25.2 Å². The van der Waals surface area contributed by atoms with Crippen LogP contribution in [0.5, 0.6) is 0 Å². The highest BCUT2D eigenvalue weighted by Gasteiger charge is 2.24. The quantitative estimate of drug-likeness (QED) is 0.788. The lowest BCUT2D eigenvalue weighted by molar-refractivity contribution is 0.412. The Kier molecular flexibility index (Phi) is 2.10. The minimum atomic E-state index is 0.627. The number of rotatable bonds is 1. The molecule has 1 saturated carbocycles. The van der Waals surface area contributed by atoms with Crippen LogP contribution in [0.25, 0.3) is 0 Å². The molecule has 60 valence electrons. The van der Waals surface area contributed by atoms with Crippen molar-refractivity contribution in [2.75, 3.05) is 0 Å². The molecule has 2 nitrogen and oxygen atoms in total. The van der Waals surface area contributed by atoms with E-state index < -0.39 is 0 Å². The second-order valence-corrected chi connectivity index (χ2v) is 4.25. The number of halogens is 2. The number of hydrogen-bond donors (Lipinski definition) is 1. The Hall–Kier alpha value is 0.230. The van der Waals surface area contributed by atoms with E-state index in [1.54, 1.807) is 0 Å². The van der Waals surface area contributed by atoms with Crippen molar-refractivity contribution < 1.29 is 0 Å². The van der Waals surface area contributed by atoms with Gasteiger partial charge in [-0.2, -0.15) is 0 Å². The molecule has 11 heavy (non-hydrogen) atoms. The Bertz CT molecular complexity index is 267. The van der Waals surface area contributed by atoms with E-state index in [9.17, 15) is 0 Å². The van der Waals surface area contributed by atoms with Crippen LogP contribution in [0.1, 0.15) is 30.9 Å². The fourth-order valence-electron chi connectivity index (χ4n) is 1.29. The molecule has 0 atom stereocenters. The number of H-pyrrole nitrogens is 1. The third-order valence-corrected chi connectivity index (χ3v) is 2.95. The first-order valence-electron chi connectivity index (χ1n) is 3.68. The average molecular weight is 283 g/mol. The van der Waals surface area contributed by atoms with Gasteiger partial charge in [0.1, 0.15) is 5.15 Å². The first-order valence-corrected chi connectivity index (χ1v) is 5.14. The Morgan fingerprint density at radius 3 is 2.64 bits per heavy atom. The van der Waals surface area contributed by atoms with E-state index in [0.717, 1.165) is 14.7 Å². The predicted octanol–water partition coefficient (Wildman–Crippen LogP) is 2.94. The summed E-state index contributed by atoms with van der Waals surface area (Å²) in [5.74, 6) is 0.627. The third kappa shape index (κ3) is 1.40. The summed E-state index contributed by atoms with van der Waals surface area (Å²) in [6, 6.07) is 0. The van der Waals surface area contributed by atoms with Crippen LogP contribution in [0.15, 0.2) is 0 Å². The zero-order valence-corrected chi connectivity index (χ0v) is 8.82. The molecule has 2 rings (SSSR count). The summed E-state index contributed by atoms with van der Waals surface area (Å²) in [6.07, 6.45) is 3.83. The number of hydrogen-bond acceptors (Lipinski definition) is 1. The zero-order valence-electron chi connectivity index (χ0n) is 5.90. The molecule has 1 aliphatic rings. The minimum absolute atomic E-state index is 0.627. The van der Waals surface area contributed by atoms with Crippen molar-refractivity contribution in [1.29, 1.82) is 0 Å². The molecule has 0 radical (unpaired) electrons. The van der Waals surface area contributed by atoms with Crippen LogP contribution in [0, 0.1) is 3.83 Å². The molecule has 4 heteroatoms. The van der Waals surface area contributed by atoms with E-state index in [1.807, 2.05) is 0 Å². The maximum Gasteiger partial charge on any atom is 0.170 e. The second-order valence-electron chi connectivity index (χ2n) is 2.85. The highest BCUT2D eigenvalue weighted by atomic mass is 127. The maximum atomic E-state index is 5.93. The summed E-state index contributed by atoms with van der Waals surface area (Å²) in [5, 5.41) is 0.735. The summed E-state index contributed by atoms with van der Waals surface area (Å²) in [7, 11) is 0. The highest BCUT2D eigenvalue weighted by Crippen LogP contribution is 2.38. The monoisotopic (exact) mass is 282 g/mol. The van der Waals surface area contributed by atoms with Crippen LogP contribution in [-0.2, 0) is 0 Å². The molecule has 1 aromatic rings. The lowest BCUT2D eigenvalue weighted by atomic mass is 9.83. The Labute approximate surface area is 83.9 Å². The molecule has 1 aromatic heterocycles. The highest BCUT2D eigenvalue weighted by molar-refractivity contribution is 14.1. The molecule has 0 bridgehead atoms. The predicted molar refractivity (Wildman–Crippen MR) is 52.9 cm³/mol. The summed E-state index contributed by atoms with van der Waals surface area (Å²) < 4.78 is 0.898. The van der Waals surface area contributed by atoms with Gasteiger partial charge in [-0.15, -0.1) is 0 Å². The number of aromatic amines is 1. The zero-order chi connectivity index (χ0) is 7.84. The Morgan fingerprint density at radius 1 is 1.55 bits per heavy atom. The van der Waals surface area contributed by atoms with E-state index in [0.29, 0.717) is 5.92 Å². The molecule has 1 N–H and O–H groups in total. The molecule has 0 aliphatic heterocycles. The molecular weight excluding hydrogens is 274 g/mol. The summed E-state index contributed by atoms with van der Waals surface area (Å²) >= 11 is 8.08. The van der Waals surface area contributed by atoms with Crippen molar-refractivity contribution >= 4 is 34.2 Å². The molecule has 0 amide bonds. The van der Waals surface area contributed by atoms with Crippen molar-refractivity contribution in [3.8, 4) is 0 Å². The molecule has 1 fully saturated rings. The van der Waals surface area contributed by atoms with Gasteiger partial charge in [0.25, 0.3) is 0 Å². The summed E-state index contributed by atoms with van der Waals surface area (Å²) in [5.41, 5.74) is 1.07. The standard InChI is InChI=1S/C7H8ClIN2/c8-6-5(4-2-1-3-4)10-7(9)11-6/h4H,1-3H2,(H,10,11). The third-order valence-electron chi connectivity index (χ3n) is 2.15. The topological polar surface area (TPSA) is 28.7 Å². The molecule has 0 unspecified atom stereocenters. The minimum Gasteiger partial charge on any atom is -0.324 e. The summed E-state index contributed by atoms with van der Waals surface area (Å²) in [4.78, 5) is 7.33. The smallest absolute Gasteiger partial charge is 0.170 e.